The lowest BCUT2D eigenvalue weighted by molar-refractivity contribution is -0.742. The van der Waals surface area contributed by atoms with Crippen LogP contribution in [0, 0.1) is 10.1 Å². The molecule has 0 saturated heterocycles. The Bertz CT molecular complexity index is 467. The maximum absolute atomic E-state index is 11.5. The van der Waals surface area contributed by atoms with Crippen LogP contribution in [0.25, 0.3) is 0 Å². The molecule has 0 atom stereocenters. The van der Waals surface area contributed by atoms with Crippen LogP contribution in [0.1, 0.15) is 19.4 Å². The summed E-state index contributed by atoms with van der Waals surface area (Å²) in [6, 6.07) is 5.49. The summed E-state index contributed by atoms with van der Waals surface area (Å²) in [4.78, 5) is 19.9. The second-order valence-electron chi connectivity index (χ2n) is 4.12. The number of nitrogens with zero attached hydrogens (tertiary/aromatic N) is 1. The Morgan fingerprint density at radius 3 is 2.53 bits per heavy atom. The van der Waals surface area contributed by atoms with Crippen molar-refractivity contribution in [2.45, 2.75) is 19.3 Å². The normalized spacial score (nSPS) is 15.3. The molecule has 0 unspecified atom stereocenters. The highest BCUT2D eigenvalue weighted by Crippen LogP contribution is 2.37. The molecular formula is C10H13N3O4. The first-order valence-electron chi connectivity index (χ1n) is 4.80. The zero-order chi connectivity index (χ0) is 13.2. The minimum atomic E-state index is -1.50. The summed E-state index contributed by atoms with van der Waals surface area (Å²) in [7, 11) is 0. The summed E-state index contributed by atoms with van der Waals surface area (Å²) < 4.78 is 0. The zero-order valence-corrected chi connectivity index (χ0v) is 9.43. The number of nitrogen functional groups attached to an aromatic ring is 1. The molecule has 2 rings (SSSR count). The fourth-order valence-electron chi connectivity index (χ4n) is 1.59. The van der Waals surface area contributed by atoms with Gasteiger partial charge in [-0.15, -0.1) is 10.1 Å². The van der Waals surface area contributed by atoms with Crippen LogP contribution in [0.2, 0.25) is 0 Å². The van der Waals surface area contributed by atoms with Crippen LogP contribution in [0.15, 0.2) is 18.2 Å². The Hall–Kier alpha value is -2.31. The third-order valence-corrected chi connectivity index (χ3v) is 2.53. The first-order chi connectivity index (χ1) is 7.75. The highest BCUT2D eigenvalue weighted by atomic mass is 16.9. The number of carbonyl (C=O) groups excluding carboxylic acids is 1. The summed E-state index contributed by atoms with van der Waals surface area (Å²) in [6.07, 6.45) is 0. The minimum absolute atomic E-state index is 0.0353. The largest absolute Gasteiger partial charge is 0.399 e. The van der Waals surface area contributed by atoms with Crippen molar-refractivity contribution in [3.63, 3.8) is 0 Å². The van der Waals surface area contributed by atoms with Gasteiger partial charge < -0.3 is 16.3 Å². The second kappa shape index (κ2) is 4.28. The number of anilines is 2. The van der Waals surface area contributed by atoms with Crippen molar-refractivity contribution in [1.82, 2.24) is 0 Å². The van der Waals surface area contributed by atoms with E-state index in [4.69, 9.17) is 21.1 Å². The molecule has 1 aliphatic rings. The van der Waals surface area contributed by atoms with E-state index in [1.54, 1.807) is 6.07 Å². The van der Waals surface area contributed by atoms with Gasteiger partial charge in [0.05, 0.1) is 5.41 Å². The van der Waals surface area contributed by atoms with Gasteiger partial charge in [-0.1, -0.05) is 0 Å². The van der Waals surface area contributed by atoms with Gasteiger partial charge in [0, 0.05) is 11.4 Å². The number of carbonyl (C=O) groups is 1. The molecule has 0 fully saturated rings. The SMILES string of the molecule is CC1(C)C(=O)Nc2ccc(N)cc21.O=[N+]([O-])O. The van der Waals surface area contributed by atoms with Crippen molar-refractivity contribution in [3.8, 4) is 0 Å². The number of hydrogen-bond acceptors (Lipinski definition) is 4. The average Bonchev–Trinajstić information content (AvgIpc) is 2.39. The first kappa shape index (κ1) is 12.8. The summed E-state index contributed by atoms with van der Waals surface area (Å²) in [6.45, 7) is 3.79. The molecule has 0 radical (unpaired) electrons. The lowest BCUT2D eigenvalue weighted by Gasteiger charge is -2.14. The van der Waals surface area contributed by atoms with E-state index in [1.165, 1.54) is 0 Å². The molecule has 4 N–H and O–H groups in total. The molecule has 0 aliphatic carbocycles. The van der Waals surface area contributed by atoms with Crippen LogP contribution < -0.4 is 11.1 Å². The van der Waals surface area contributed by atoms with Crippen molar-refractivity contribution < 1.29 is 15.1 Å². The van der Waals surface area contributed by atoms with Crippen molar-refractivity contribution in [1.29, 1.82) is 0 Å². The summed E-state index contributed by atoms with van der Waals surface area (Å²) in [5.74, 6) is 0.0353. The maximum atomic E-state index is 11.5. The molecule has 17 heavy (non-hydrogen) atoms. The summed E-state index contributed by atoms with van der Waals surface area (Å²) in [5, 5.41) is 16.5. The predicted octanol–water partition coefficient (Wildman–Crippen LogP) is 1.15. The van der Waals surface area contributed by atoms with Crippen LogP contribution in [0.4, 0.5) is 11.4 Å². The average molecular weight is 239 g/mol. The number of amides is 1. The Kier molecular flexibility index (Phi) is 3.21. The maximum Gasteiger partial charge on any atom is 0.291 e. The number of benzene rings is 1. The fraction of sp³-hybridized carbons (Fsp3) is 0.300. The molecule has 0 aromatic heterocycles. The van der Waals surface area contributed by atoms with E-state index in [0.29, 0.717) is 5.69 Å². The smallest absolute Gasteiger partial charge is 0.291 e. The molecule has 1 aromatic carbocycles. The number of nitrogens with one attached hydrogen (secondary N) is 1. The van der Waals surface area contributed by atoms with Gasteiger partial charge in [-0.3, -0.25) is 4.79 Å². The van der Waals surface area contributed by atoms with Crippen LogP contribution in [0.3, 0.4) is 0 Å². The highest BCUT2D eigenvalue weighted by molar-refractivity contribution is 6.05. The highest BCUT2D eigenvalue weighted by Gasteiger charge is 2.38. The van der Waals surface area contributed by atoms with Crippen molar-refractivity contribution in [2.24, 2.45) is 0 Å². The first-order valence-corrected chi connectivity index (χ1v) is 4.80. The Morgan fingerprint density at radius 2 is 2.00 bits per heavy atom. The molecule has 0 spiro atoms. The fourth-order valence-corrected chi connectivity index (χ4v) is 1.59. The van der Waals surface area contributed by atoms with Crippen LogP contribution >= 0.6 is 0 Å². The Balaban J connectivity index is 0.000000317. The van der Waals surface area contributed by atoms with E-state index in [2.05, 4.69) is 5.32 Å². The Labute approximate surface area is 97.3 Å². The minimum Gasteiger partial charge on any atom is -0.399 e. The van der Waals surface area contributed by atoms with Crippen molar-refractivity contribution in [2.75, 3.05) is 11.1 Å². The molecule has 1 amide bonds. The molecule has 1 aliphatic heterocycles. The van der Waals surface area contributed by atoms with Gasteiger partial charge in [-0.2, -0.15) is 0 Å². The number of nitrogens with two attached hydrogens (primary N) is 1. The standard InChI is InChI=1S/C10H12N2O.HNO3/c1-10(2)7-5-6(11)3-4-8(7)12-9(10)13;2-1(3)4/h3-5H,11H2,1-2H3,(H,12,13);(H,2,3,4). The Morgan fingerprint density at radius 1 is 1.47 bits per heavy atom. The van der Waals surface area contributed by atoms with E-state index < -0.39 is 10.5 Å². The van der Waals surface area contributed by atoms with Gasteiger partial charge in [-0.05, 0) is 37.6 Å². The molecule has 1 heterocycles. The molecule has 0 saturated carbocycles. The van der Waals surface area contributed by atoms with Gasteiger partial charge in [0.15, 0.2) is 0 Å². The third-order valence-electron chi connectivity index (χ3n) is 2.53. The van der Waals surface area contributed by atoms with E-state index in [1.807, 2.05) is 26.0 Å². The number of fused-ring (bicyclic) bond motifs is 1. The molecule has 7 heteroatoms. The second-order valence-corrected chi connectivity index (χ2v) is 4.12. The lowest BCUT2D eigenvalue weighted by atomic mass is 9.86. The van der Waals surface area contributed by atoms with Gasteiger partial charge in [0.2, 0.25) is 5.91 Å². The number of hydrogen-bond donors (Lipinski definition) is 3. The van der Waals surface area contributed by atoms with E-state index in [0.717, 1.165) is 11.3 Å². The van der Waals surface area contributed by atoms with Gasteiger partial charge in [0.1, 0.15) is 0 Å². The lowest BCUT2D eigenvalue weighted by Crippen LogP contribution is -2.26. The van der Waals surface area contributed by atoms with E-state index in [-0.39, 0.29) is 5.91 Å². The topological polar surface area (TPSA) is 118 Å². The molecule has 92 valence electrons. The van der Waals surface area contributed by atoms with Crippen molar-refractivity contribution in [3.05, 3.63) is 33.9 Å². The van der Waals surface area contributed by atoms with E-state index >= 15 is 0 Å². The summed E-state index contributed by atoms with van der Waals surface area (Å²) >= 11 is 0. The van der Waals surface area contributed by atoms with Gasteiger partial charge in [-0.25, -0.2) is 0 Å². The monoisotopic (exact) mass is 239 g/mol. The molecular weight excluding hydrogens is 226 g/mol. The van der Waals surface area contributed by atoms with Crippen molar-refractivity contribution >= 4 is 17.3 Å². The molecule has 1 aromatic rings. The van der Waals surface area contributed by atoms with E-state index in [9.17, 15) is 4.79 Å². The van der Waals surface area contributed by atoms with Crippen LogP contribution in [0.5, 0.6) is 0 Å². The quantitative estimate of drug-likeness (QED) is 0.356. The van der Waals surface area contributed by atoms with Crippen LogP contribution in [-0.4, -0.2) is 16.2 Å². The van der Waals surface area contributed by atoms with Gasteiger partial charge in [0.25, 0.3) is 5.09 Å². The van der Waals surface area contributed by atoms with Crippen LogP contribution in [-0.2, 0) is 10.2 Å². The zero-order valence-electron chi connectivity index (χ0n) is 9.43. The van der Waals surface area contributed by atoms with Gasteiger partial charge >= 0.3 is 0 Å². The molecule has 7 nitrogen and oxygen atoms in total. The number of rotatable bonds is 0. The predicted molar refractivity (Wildman–Crippen MR) is 61.3 cm³/mol. The molecule has 0 bridgehead atoms. The summed E-state index contributed by atoms with van der Waals surface area (Å²) in [5.41, 5.74) is 7.76. The third kappa shape index (κ3) is 2.63.